The smallest absolute Gasteiger partial charge is 0.204 e. The van der Waals surface area contributed by atoms with Crippen LogP contribution < -0.4 is 14.9 Å². The van der Waals surface area contributed by atoms with E-state index in [2.05, 4.69) is 32.9 Å². The zero-order valence-corrected chi connectivity index (χ0v) is 21.3. The molecule has 6 heteroatoms. The Balaban J connectivity index is 2.23. The van der Waals surface area contributed by atoms with E-state index in [4.69, 9.17) is 13.9 Å². The molecule has 0 atom stereocenters. The van der Waals surface area contributed by atoms with Crippen molar-refractivity contribution < 1.29 is 24.1 Å². The lowest BCUT2D eigenvalue weighted by Crippen LogP contribution is -2.09. The maximum absolute atomic E-state index is 13.6. The maximum atomic E-state index is 13.6. The van der Waals surface area contributed by atoms with Crippen LogP contribution in [-0.2, 0) is 6.42 Å². The number of rotatable bonds is 9. The fraction of sp³-hybridized carbons (Fsp3) is 0.345. The zero-order chi connectivity index (χ0) is 25.7. The highest BCUT2D eigenvalue weighted by molar-refractivity contribution is 5.97. The zero-order valence-electron chi connectivity index (χ0n) is 21.3. The molecule has 6 nitrogen and oxygen atoms in total. The van der Waals surface area contributed by atoms with Crippen molar-refractivity contribution in [2.24, 2.45) is 0 Å². The Morgan fingerprint density at radius 2 is 1.63 bits per heavy atom. The summed E-state index contributed by atoms with van der Waals surface area (Å²) < 4.78 is 17.7. The van der Waals surface area contributed by atoms with Crippen molar-refractivity contribution in [3.05, 3.63) is 68.9 Å². The van der Waals surface area contributed by atoms with Gasteiger partial charge < -0.3 is 24.1 Å². The number of hydrogen-bond acceptors (Lipinski definition) is 6. The van der Waals surface area contributed by atoms with E-state index in [0.717, 1.165) is 24.5 Å². The minimum Gasteiger partial charge on any atom is -0.508 e. The van der Waals surface area contributed by atoms with Gasteiger partial charge in [0.15, 0.2) is 11.5 Å². The Labute approximate surface area is 205 Å². The van der Waals surface area contributed by atoms with E-state index in [1.165, 1.54) is 17.2 Å². The van der Waals surface area contributed by atoms with Crippen LogP contribution in [-0.4, -0.2) is 23.9 Å². The lowest BCUT2D eigenvalue weighted by molar-refractivity contribution is 0.324. The number of allylic oxidation sites excluding steroid dienone is 5. The van der Waals surface area contributed by atoms with Crippen LogP contribution in [0.4, 0.5) is 0 Å². The molecule has 1 heterocycles. The minimum absolute atomic E-state index is 0.0149. The molecule has 0 bridgehead atoms. The second-order valence-corrected chi connectivity index (χ2v) is 9.20. The lowest BCUT2D eigenvalue weighted by Gasteiger charge is -2.16. The van der Waals surface area contributed by atoms with E-state index in [9.17, 15) is 15.0 Å². The van der Waals surface area contributed by atoms with Crippen LogP contribution >= 0.6 is 0 Å². The number of ether oxygens (including phenoxy) is 2. The summed E-state index contributed by atoms with van der Waals surface area (Å²) in [7, 11) is 1.54. The highest BCUT2D eigenvalue weighted by atomic mass is 16.5. The molecule has 2 aromatic carbocycles. The largest absolute Gasteiger partial charge is 0.508 e. The third kappa shape index (κ3) is 6.07. The maximum Gasteiger partial charge on any atom is 0.204 e. The highest BCUT2D eigenvalue weighted by Crippen LogP contribution is 2.39. The molecule has 0 fully saturated rings. The molecule has 0 amide bonds. The average molecular weight is 479 g/mol. The van der Waals surface area contributed by atoms with Gasteiger partial charge in [-0.1, -0.05) is 28.9 Å². The highest BCUT2D eigenvalue weighted by Gasteiger charge is 2.22. The summed E-state index contributed by atoms with van der Waals surface area (Å²) in [5.74, 6) is 0.381. The first kappa shape index (κ1) is 25.9. The van der Waals surface area contributed by atoms with Crippen molar-refractivity contribution in [3.63, 3.8) is 0 Å². The van der Waals surface area contributed by atoms with Crippen LogP contribution in [0.1, 0.15) is 53.0 Å². The molecule has 0 radical (unpaired) electrons. The standard InChI is InChI=1S/C29H34O6/c1-17(2)8-7-9-19(5)10-11-21-26-24(16-25(29(21)33-6)34-13-12-18(3)4)35-23-15-20(30)14-22(31)27(23)28(26)32/h8,10,12,14-16,30-31H,7,9,11,13H2,1-6H3. The summed E-state index contributed by atoms with van der Waals surface area (Å²) in [6.45, 7) is 10.5. The number of benzene rings is 2. The van der Waals surface area contributed by atoms with E-state index in [1.54, 1.807) is 13.2 Å². The molecular formula is C29H34O6. The first-order chi connectivity index (χ1) is 16.6. The number of phenolic OH excluding ortho intramolecular Hbond substituents is 2. The molecule has 3 rings (SSSR count). The number of aromatic hydroxyl groups is 2. The monoisotopic (exact) mass is 478 g/mol. The van der Waals surface area contributed by atoms with Gasteiger partial charge in [0.2, 0.25) is 5.43 Å². The van der Waals surface area contributed by atoms with Gasteiger partial charge in [-0.25, -0.2) is 0 Å². The normalized spacial score (nSPS) is 11.5. The van der Waals surface area contributed by atoms with Gasteiger partial charge >= 0.3 is 0 Å². The second-order valence-electron chi connectivity index (χ2n) is 9.20. The van der Waals surface area contributed by atoms with Crippen molar-refractivity contribution >= 4 is 21.9 Å². The molecule has 0 saturated carbocycles. The van der Waals surface area contributed by atoms with Crippen molar-refractivity contribution in [3.8, 4) is 23.0 Å². The van der Waals surface area contributed by atoms with E-state index in [1.807, 2.05) is 19.9 Å². The fourth-order valence-electron chi connectivity index (χ4n) is 3.93. The molecular weight excluding hydrogens is 444 g/mol. The van der Waals surface area contributed by atoms with Crippen LogP contribution in [0.25, 0.3) is 21.9 Å². The average Bonchev–Trinajstić information content (AvgIpc) is 2.76. The molecule has 186 valence electrons. The van der Waals surface area contributed by atoms with Crippen molar-refractivity contribution in [1.29, 1.82) is 0 Å². The molecule has 0 aliphatic carbocycles. The van der Waals surface area contributed by atoms with Gasteiger partial charge in [-0.15, -0.1) is 0 Å². The van der Waals surface area contributed by atoms with E-state index < -0.39 is 5.43 Å². The Morgan fingerprint density at radius 3 is 2.29 bits per heavy atom. The van der Waals surface area contributed by atoms with Gasteiger partial charge in [0, 0.05) is 23.8 Å². The first-order valence-electron chi connectivity index (χ1n) is 11.7. The van der Waals surface area contributed by atoms with Gasteiger partial charge in [-0.05, 0) is 60.0 Å². The number of fused-ring (bicyclic) bond motifs is 2. The van der Waals surface area contributed by atoms with Crippen molar-refractivity contribution in [2.75, 3.05) is 13.7 Å². The lowest BCUT2D eigenvalue weighted by atomic mass is 9.99. The quantitative estimate of drug-likeness (QED) is 0.256. The van der Waals surface area contributed by atoms with Crippen molar-refractivity contribution in [1.82, 2.24) is 0 Å². The number of hydrogen-bond donors (Lipinski definition) is 2. The summed E-state index contributed by atoms with van der Waals surface area (Å²) >= 11 is 0. The van der Waals surface area contributed by atoms with E-state index in [0.29, 0.717) is 41.1 Å². The molecule has 1 aromatic heterocycles. The van der Waals surface area contributed by atoms with Crippen molar-refractivity contribution in [2.45, 2.75) is 53.9 Å². The first-order valence-corrected chi connectivity index (χ1v) is 11.7. The molecule has 0 aliphatic rings. The summed E-state index contributed by atoms with van der Waals surface area (Å²) in [5, 5.41) is 20.6. The van der Waals surface area contributed by atoms with Gasteiger partial charge in [0.05, 0.1) is 12.5 Å². The molecule has 2 N–H and O–H groups in total. The van der Waals surface area contributed by atoms with Crippen LogP contribution in [0, 0.1) is 0 Å². The molecule has 35 heavy (non-hydrogen) atoms. The Bertz CT molecular complexity index is 1380. The summed E-state index contributed by atoms with van der Waals surface area (Å²) in [6.07, 6.45) is 8.50. The molecule has 0 aliphatic heterocycles. The molecule has 0 unspecified atom stereocenters. The van der Waals surface area contributed by atoms with Gasteiger partial charge in [0.25, 0.3) is 0 Å². The molecule has 0 spiro atoms. The predicted molar refractivity (Wildman–Crippen MR) is 141 cm³/mol. The molecule has 0 saturated heterocycles. The molecule has 3 aromatic rings. The van der Waals surface area contributed by atoms with E-state index in [-0.39, 0.29) is 22.5 Å². The van der Waals surface area contributed by atoms with Crippen LogP contribution in [0.3, 0.4) is 0 Å². The van der Waals surface area contributed by atoms with E-state index >= 15 is 0 Å². The summed E-state index contributed by atoms with van der Waals surface area (Å²) in [6, 6.07) is 4.08. The SMILES string of the molecule is COc1c(OCC=C(C)C)cc2oc3cc(O)cc(O)c3c(=O)c2c1CC=C(C)CCC=C(C)C. The topological polar surface area (TPSA) is 89.1 Å². The Hall–Kier alpha value is -3.67. The van der Waals surface area contributed by atoms with Crippen LogP contribution in [0.15, 0.2) is 62.4 Å². The minimum atomic E-state index is -0.390. The number of methoxy groups -OCH3 is 1. The van der Waals surface area contributed by atoms with Gasteiger partial charge in [0.1, 0.15) is 34.7 Å². The van der Waals surface area contributed by atoms with Crippen LogP contribution in [0.5, 0.6) is 23.0 Å². The van der Waals surface area contributed by atoms with Gasteiger partial charge in [-0.3, -0.25) is 4.79 Å². The Morgan fingerprint density at radius 1 is 0.943 bits per heavy atom. The second kappa shape index (κ2) is 11.2. The third-order valence-electron chi connectivity index (χ3n) is 5.73. The van der Waals surface area contributed by atoms with Crippen LogP contribution in [0.2, 0.25) is 0 Å². The van der Waals surface area contributed by atoms with Gasteiger partial charge in [-0.2, -0.15) is 0 Å². The predicted octanol–water partition coefficient (Wildman–Crippen LogP) is 6.95. The third-order valence-corrected chi connectivity index (χ3v) is 5.73. The number of phenols is 2. The summed E-state index contributed by atoms with van der Waals surface area (Å²) in [5.41, 5.74) is 4.21. The fourth-order valence-corrected chi connectivity index (χ4v) is 3.93. The summed E-state index contributed by atoms with van der Waals surface area (Å²) in [4.78, 5) is 13.6. The Kier molecular flexibility index (Phi) is 8.28.